The quantitative estimate of drug-likeness (QED) is 0.481. The van der Waals surface area contributed by atoms with Gasteiger partial charge in [0.1, 0.15) is 5.82 Å². The number of anilines is 1. The summed E-state index contributed by atoms with van der Waals surface area (Å²) >= 11 is 1.48. The minimum absolute atomic E-state index is 0.160. The molecule has 0 spiro atoms. The van der Waals surface area contributed by atoms with Crippen molar-refractivity contribution in [3.63, 3.8) is 0 Å². The van der Waals surface area contributed by atoms with E-state index in [9.17, 15) is 4.79 Å². The Bertz CT molecular complexity index is 1210. The van der Waals surface area contributed by atoms with Crippen molar-refractivity contribution in [2.24, 2.45) is 0 Å². The van der Waals surface area contributed by atoms with Crippen LogP contribution in [0.1, 0.15) is 41.1 Å². The number of amides is 1. The summed E-state index contributed by atoms with van der Waals surface area (Å²) in [6.07, 6.45) is 3.84. The second-order valence-corrected chi connectivity index (χ2v) is 8.83. The first-order chi connectivity index (χ1) is 15.2. The van der Waals surface area contributed by atoms with E-state index in [1.54, 1.807) is 0 Å². The minimum atomic E-state index is -0.160. The lowest BCUT2D eigenvalue weighted by Crippen LogP contribution is -2.29. The van der Waals surface area contributed by atoms with Crippen LogP contribution < -0.4 is 5.32 Å². The standard InChI is InChI=1S/C24H25N5OS/c1-17-25-21-14-18(10-11-22(21)29(17)20-8-4-2-5-9-20)23(30)27-24-26-19(16-31-24)15-28-12-6-3-7-13-28/h2,4-5,8-11,14,16H,3,6-7,12-13,15H2,1H3,(H,26,27,30). The molecule has 158 valence electrons. The molecule has 0 radical (unpaired) electrons. The first-order valence-corrected chi connectivity index (χ1v) is 11.6. The first kappa shape index (κ1) is 19.9. The molecule has 1 amide bonds. The van der Waals surface area contributed by atoms with Gasteiger partial charge in [-0.05, 0) is 63.2 Å². The average molecular weight is 432 g/mol. The van der Waals surface area contributed by atoms with Gasteiger partial charge in [0.05, 0.1) is 16.7 Å². The SMILES string of the molecule is Cc1nc2cc(C(=O)Nc3nc(CN4CCCCC4)cs3)ccc2n1-c1ccccc1. The lowest BCUT2D eigenvalue weighted by Gasteiger charge is -2.25. The average Bonchev–Trinajstić information content (AvgIpc) is 3.37. The third-order valence-electron chi connectivity index (χ3n) is 5.71. The molecule has 31 heavy (non-hydrogen) atoms. The molecule has 1 fully saturated rings. The summed E-state index contributed by atoms with van der Waals surface area (Å²) in [5.74, 6) is 0.730. The summed E-state index contributed by atoms with van der Waals surface area (Å²) in [6.45, 7) is 5.10. The van der Waals surface area contributed by atoms with Crippen molar-refractivity contribution in [2.45, 2.75) is 32.7 Å². The Morgan fingerprint density at radius 2 is 1.87 bits per heavy atom. The van der Waals surface area contributed by atoms with Crippen molar-refractivity contribution in [1.82, 2.24) is 19.4 Å². The predicted octanol–water partition coefficient (Wildman–Crippen LogP) is 5.03. The number of para-hydroxylation sites is 1. The molecule has 1 saturated heterocycles. The van der Waals surface area contributed by atoms with E-state index in [0.717, 1.165) is 47.9 Å². The molecule has 0 bridgehead atoms. The lowest BCUT2D eigenvalue weighted by molar-refractivity contribution is 0.102. The Hall–Kier alpha value is -3.03. The highest BCUT2D eigenvalue weighted by Gasteiger charge is 2.15. The van der Waals surface area contributed by atoms with Crippen LogP contribution in [0.15, 0.2) is 53.9 Å². The Labute approximate surface area is 185 Å². The van der Waals surface area contributed by atoms with Gasteiger partial charge in [-0.3, -0.25) is 19.6 Å². The van der Waals surface area contributed by atoms with Gasteiger partial charge in [0.2, 0.25) is 0 Å². The summed E-state index contributed by atoms with van der Waals surface area (Å²) in [7, 11) is 0. The molecule has 6 nitrogen and oxygen atoms in total. The van der Waals surface area contributed by atoms with Crippen LogP contribution in [-0.2, 0) is 6.54 Å². The van der Waals surface area contributed by atoms with Crippen molar-refractivity contribution < 1.29 is 4.79 Å². The third kappa shape index (κ3) is 4.24. The Morgan fingerprint density at radius 3 is 2.68 bits per heavy atom. The zero-order chi connectivity index (χ0) is 21.2. The maximum atomic E-state index is 12.8. The molecule has 0 unspecified atom stereocenters. The molecule has 0 aliphatic carbocycles. The molecule has 3 heterocycles. The van der Waals surface area contributed by atoms with Gasteiger partial charge in [0, 0.05) is 23.2 Å². The van der Waals surface area contributed by atoms with E-state index >= 15 is 0 Å². The van der Waals surface area contributed by atoms with Crippen molar-refractivity contribution in [2.75, 3.05) is 18.4 Å². The van der Waals surface area contributed by atoms with E-state index in [-0.39, 0.29) is 5.91 Å². The van der Waals surface area contributed by atoms with E-state index in [0.29, 0.717) is 10.7 Å². The smallest absolute Gasteiger partial charge is 0.257 e. The zero-order valence-corrected chi connectivity index (χ0v) is 18.4. The Morgan fingerprint density at radius 1 is 1.06 bits per heavy atom. The topological polar surface area (TPSA) is 63.1 Å². The van der Waals surface area contributed by atoms with E-state index in [2.05, 4.69) is 36.9 Å². The number of imidazole rings is 1. The van der Waals surface area contributed by atoms with Gasteiger partial charge in [-0.25, -0.2) is 9.97 Å². The molecule has 2 aromatic carbocycles. The van der Waals surface area contributed by atoms with Crippen LogP contribution in [0.4, 0.5) is 5.13 Å². The lowest BCUT2D eigenvalue weighted by atomic mass is 10.1. The fourth-order valence-electron chi connectivity index (χ4n) is 4.20. The van der Waals surface area contributed by atoms with Crippen molar-refractivity contribution >= 4 is 33.4 Å². The van der Waals surface area contributed by atoms with Crippen LogP contribution in [0.3, 0.4) is 0 Å². The normalized spacial score (nSPS) is 14.7. The fourth-order valence-corrected chi connectivity index (χ4v) is 4.89. The minimum Gasteiger partial charge on any atom is -0.298 e. The predicted molar refractivity (Wildman–Crippen MR) is 125 cm³/mol. The van der Waals surface area contributed by atoms with Crippen molar-refractivity contribution in [1.29, 1.82) is 0 Å². The van der Waals surface area contributed by atoms with Gasteiger partial charge in [-0.1, -0.05) is 24.6 Å². The molecule has 1 aliphatic heterocycles. The number of thiazole rings is 1. The Kier molecular flexibility index (Phi) is 5.53. The number of hydrogen-bond acceptors (Lipinski definition) is 5. The molecular formula is C24H25N5OS. The molecule has 7 heteroatoms. The van der Waals surface area contributed by atoms with E-state index in [4.69, 9.17) is 0 Å². The molecule has 1 N–H and O–H groups in total. The number of benzene rings is 2. The molecule has 1 aliphatic rings. The molecule has 5 rings (SSSR count). The summed E-state index contributed by atoms with van der Waals surface area (Å²) in [6, 6.07) is 15.8. The largest absolute Gasteiger partial charge is 0.298 e. The van der Waals surface area contributed by atoms with Crippen LogP contribution in [0, 0.1) is 6.92 Å². The molecule has 0 atom stereocenters. The number of nitrogens with zero attached hydrogens (tertiary/aromatic N) is 4. The first-order valence-electron chi connectivity index (χ1n) is 10.7. The second-order valence-electron chi connectivity index (χ2n) is 7.97. The van der Waals surface area contributed by atoms with Crippen LogP contribution in [-0.4, -0.2) is 38.4 Å². The maximum absolute atomic E-state index is 12.8. The van der Waals surface area contributed by atoms with Crippen molar-refractivity contribution in [3.8, 4) is 5.69 Å². The number of piperidine rings is 1. The summed E-state index contributed by atoms with van der Waals surface area (Å²) < 4.78 is 2.10. The molecule has 4 aromatic rings. The summed E-state index contributed by atoms with van der Waals surface area (Å²) in [5.41, 5.74) is 4.45. The monoisotopic (exact) mass is 431 g/mol. The summed E-state index contributed by atoms with van der Waals surface area (Å²) in [5, 5.41) is 5.63. The number of likely N-dealkylation sites (tertiary alicyclic amines) is 1. The van der Waals surface area contributed by atoms with Crippen LogP contribution >= 0.6 is 11.3 Å². The van der Waals surface area contributed by atoms with Crippen molar-refractivity contribution in [3.05, 3.63) is 71.0 Å². The van der Waals surface area contributed by atoms with E-state index in [1.807, 2.05) is 48.7 Å². The van der Waals surface area contributed by atoms with Gasteiger partial charge in [0.25, 0.3) is 5.91 Å². The van der Waals surface area contributed by atoms with Gasteiger partial charge < -0.3 is 0 Å². The number of fused-ring (bicyclic) bond motifs is 1. The van der Waals surface area contributed by atoms with E-state index < -0.39 is 0 Å². The number of aromatic nitrogens is 3. The number of nitrogens with one attached hydrogen (secondary N) is 1. The van der Waals surface area contributed by atoms with Gasteiger partial charge in [-0.15, -0.1) is 11.3 Å². The van der Waals surface area contributed by atoms with Gasteiger partial charge in [-0.2, -0.15) is 0 Å². The molecular weight excluding hydrogens is 406 g/mol. The highest BCUT2D eigenvalue weighted by atomic mass is 32.1. The number of hydrogen-bond donors (Lipinski definition) is 1. The molecule has 2 aromatic heterocycles. The van der Waals surface area contributed by atoms with Crippen LogP contribution in [0.25, 0.3) is 16.7 Å². The fraction of sp³-hybridized carbons (Fsp3) is 0.292. The number of aryl methyl sites for hydroxylation is 1. The Balaban J connectivity index is 1.32. The number of carbonyl (C=O) groups is 1. The van der Waals surface area contributed by atoms with Gasteiger partial charge >= 0.3 is 0 Å². The number of carbonyl (C=O) groups excluding carboxylic acids is 1. The van der Waals surface area contributed by atoms with Gasteiger partial charge in [0.15, 0.2) is 5.13 Å². The second kappa shape index (κ2) is 8.61. The summed E-state index contributed by atoms with van der Waals surface area (Å²) in [4.78, 5) is 24.6. The zero-order valence-electron chi connectivity index (χ0n) is 17.5. The highest BCUT2D eigenvalue weighted by molar-refractivity contribution is 7.14. The van der Waals surface area contributed by atoms with Crippen LogP contribution in [0.5, 0.6) is 0 Å². The number of rotatable bonds is 5. The highest BCUT2D eigenvalue weighted by Crippen LogP contribution is 2.24. The third-order valence-corrected chi connectivity index (χ3v) is 6.51. The maximum Gasteiger partial charge on any atom is 0.257 e. The van der Waals surface area contributed by atoms with E-state index in [1.165, 1.54) is 30.6 Å². The van der Waals surface area contributed by atoms with Crippen LogP contribution in [0.2, 0.25) is 0 Å². The molecule has 0 saturated carbocycles.